The molecule has 1 aromatic carbocycles. The van der Waals surface area contributed by atoms with Crippen LogP contribution in [-0.2, 0) is 6.18 Å². The zero-order chi connectivity index (χ0) is 19.3. The Labute approximate surface area is 157 Å². The van der Waals surface area contributed by atoms with Gasteiger partial charge in [0.2, 0.25) is 0 Å². The van der Waals surface area contributed by atoms with Crippen LogP contribution in [0.15, 0.2) is 30.5 Å². The molecule has 0 unspecified atom stereocenters. The average Bonchev–Trinajstić information content (AvgIpc) is 3.23. The van der Waals surface area contributed by atoms with E-state index >= 15 is 0 Å². The van der Waals surface area contributed by atoms with Crippen LogP contribution in [0.2, 0.25) is 5.02 Å². The molecule has 3 aromatic heterocycles. The molecule has 5 nitrogen and oxygen atoms in total. The number of pyridine rings is 1. The van der Waals surface area contributed by atoms with Crippen molar-refractivity contribution in [3.8, 4) is 5.69 Å². The van der Waals surface area contributed by atoms with E-state index in [2.05, 4.69) is 20.2 Å². The summed E-state index contributed by atoms with van der Waals surface area (Å²) < 4.78 is 41.2. The quantitative estimate of drug-likeness (QED) is 0.501. The predicted octanol–water partition coefficient (Wildman–Crippen LogP) is 5.48. The van der Waals surface area contributed by atoms with Gasteiger partial charge in [-0.2, -0.15) is 18.3 Å². The molecule has 0 bridgehead atoms. The number of imidazole rings is 1. The minimum absolute atomic E-state index is 0.0207. The average molecular weight is 394 g/mol. The molecule has 0 radical (unpaired) electrons. The third-order valence-corrected chi connectivity index (χ3v) is 4.92. The highest BCUT2D eigenvalue weighted by Gasteiger charge is 2.33. The van der Waals surface area contributed by atoms with E-state index in [4.69, 9.17) is 11.6 Å². The Morgan fingerprint density at radius 3 is 2.70 bits per heavy atom. The normalized spacial score (nSPS) is 13.6. The molecule has 0 saturated heterocycles. The van der Waals surface area contributed by atoms with Gasteiger partial charge in [0.25, 0.3) is 0 Å². The Morgan fingerprint density at radius 2 is 2.00 bits per heavy atom. The number of benzene rings is 1. The molecule has 1 N–H and O–H groups in total. The topological polar surface area (TPSA) is 59.4 Å². The van der Waals surface area contributed by atoms with Gasteiger partial charge in [-0.25, -0.2) is 9.97 Å². The maximum Gasteiger partial charge on any atom is 0.433 e. The van der Waals surface area contributed by atoms with Crippen molar-refractivity contribution in [3.63, 3.8) is 0 Å². The molecular weight excluding hydrogens is 379 g/mol. The van der Waals surface area contributed by atoms with Crippen molar-refractivity contribution < 1.29 is 13.2 Å². The van der Waals surface area contributed by atoms with Crippen LogP contribution in [0.5, 0.6) is 0 Å². The van der Waals surface area contributed by atoms with E-state index in [0.717, 1.165) is 17.9 Å². The summed E-state index contributed by atoms with van der Waals surface area (Å²) in [6, 6.07) is 5.79. The summed E-state index contributed by atoms with van der Waals surface area (Å²) in [6.07, 6.45) is -2.15. The summed E-state index contributed by atoms with van der Waals surface area (Å²) in [4.78, 5) is 8.41. The molecule has 3 heterocycles. The van der Waals surface area contributed by atoms with Crippen molar-refractivity contribution in [3.05, 3.63) is 47.0 Å². The van der Waals surface area contributed by atoms with Gasteiger partial charge in [0.15, 0.2) is 5.65 Å². The molecule has 27 heavy (non-hydrogen) atoms. The molecule has 0 saturated carbocycles. The van der Waals surface area contributed by atoms with Gasteiger partial charge in [0.1, 0.15) is 17.0 Å². The fourth-order valence-corrected chi connectivity index (χ4v) is 3.29. The summed E-state index contributed by atoms with van der Waals surface area (Å²) in [7, 11) is 0. The Morgan fingerprint density at radius 1 is 1.22 bits per heavy atom. The molecule has 1 atom stereocenters. The highest BCUT2D eigenvalue weighted by Crippen LogP contribution is 2.33. The molecule has 0 aliphatic heterocycles. The molecule has 0 fully saturated rings. The van der Waals surface area contributed by atoms with Gasteiger partial charge in [-0.15, -0.1) is 0 Å². The largest absolute Gasteiger partial charge is 0.433 e. The van der Waals surface area contributed by atoms with E-state index in [1.807, 2.05) is 13.8 Å². The van der Waals surface area contributed by atoms with Crippen molar-refractivity contribution in [2.24, 2.45) is 0 Å². The molecule has 4 rings (SSSR count). The standard InChI is InChI=1S/C18H15ClF3N5/c1-3-9(2)16-24-13-4-5-14(18(20,21)22)25-17(13)27(16)11-6-10-8-23-26-15(10)12(19)7-11/h4-9H,3H2,1-2H3,(H,23,26)/t9-/m1/s1. The van der Waals surface area contributed by atoms with Gasteiger partial charge in [-0.3, -0.25) is 9.67 Å². The molecule has 4 aromatic rings. The van der Waals surface area contributed by atoms with Gasteiger partial charge in [-0.05, 0) is 30.7 Å². The van der Waals surface area contributed by atoms with Crippen molar-refractivity contribution in [1.82, 2.24) is 24.7 Å². The van der Waals surface area contributed by atoms with Crippen LogP contribution < -0.4 is 0 Å². The SMILES string of the molecule is CC[C@@H](C)c1nc2ccc(C(F)(F)F)nc2n1-c1cc(Cl)c2[nH]ncc2c1. The van der Waals surface area contributed by atoms with Crippen LogP contribution in [0.4, 0.5) is 13.2 Å². The van der Waals surface area contributed by atoms with E-state index in [1.54, 1.807) is 22.9 Å². The Kier molecular flexibility index (Phi) is 4.10. The Bertz CT molecular complexity index is 1150. The van der Waals surface area contributed by atoms with E-state index in [0.29, 0.717) is 27.6 Å². The monoisotopic (exact) mass is 393 g/mol. The lowest BCUT2D eigenvalue weighted by Gasteiger charge is -2.14. The van der Waals surface area contributed by atoms with E-state index in [-0.39, 0.29) is 11.6 Å². The number of aromatic amines is 1. The second-order valence-electron chi connectivity index (χ2n) is 6.41. The number of alkyl halides is 3. The summed E-state index contributed by atoms with van der Waals surface area (Å²) in [5, 5.41) is 7.94. The second-order valence-corrected chi connectivity index (χ2v) is 6.82. The third-order valence-electron chi connectivity index (χ3n) is 4.62. The minimum Gasteiger partial charge on any atom is -0.280 e. The molecule has 0 amide bonds. The summed E-state index contributed by atoms with van der Waals surface area (Å²) >= 11 is 6.34. The number of nitrogens with zero attached hydrogens (tertiary/aromatic N) is 4. The summed E-state index contributed by atoms with van der Waals surface area (Å²) in [5.41, 5.74) is 0.862. The van der Waals surface area contributed by atoms with Crippen molar-refractivity contribution >= 4 is 33.7 Å². The Balaban J connectivity index is 2.05. The lowest BCUT2D eigenvalue weighted by atomic mass is 10.1. The first-order valence-corrected chi connectivity index (χ1v) is 8.77. The molecule has 0 spiro atoms. The van der Waals surface area contributed by atoms with Gasteiger partial charge < -0.3 is 0 Å². The molecule has 140 valence electrons. The molecule has 9 heteroatoms. The summed E-state index contributed by atoms with van der Waals surface area (Å²) in [6.45, 7) is 3.97. The van der Waals surface area contributed by atoms with Crippen LogP contribution in [0.3, 0.4) is 0 Å². The van der Waals surface area contributed by atoms with Crippen LogP contribution in [0.1, 0.15) is 37.7 Å². The maximum atomic E-state index is 13.2. The number of aromatic nitrogens is 5. The summed E-state index contributed by atoms with van der Waals surface area (Å²) in [5.74, 6) is 0.658. The van der Waals surface area contributed by atoms with Crippen molar-refractivity contribution in [2.45, 2.75) is 32.4 Å². The number of fused-ring (bicyclic) bond motifs is 2. The molecular formula is C18H15ClF3N5. The highest BCUT2D eigenvalue weighted by atomic mass is 35.5. The van der Waals surface area contributed by atoms with Gasteiger partial charge in [0.05, 0.1) is 22.4 Å². The van der Waals surface area contributed by atoms with E-state index in [1.165, 1.54) is 6.07 Å². The lowest BCUT2D eigenvalue weighted by Crippen LogP contribution is -2.10. The number of rotatable bonds is 3. The van der Waals surface area contributed by atoms with Crippen LogP contribution in [-0.4, -0.2) is 24.7 Å². The van der Waals surface area contributed by atoms with E-state index in [9.17, 15) is 13.2 Å². The van der Waals surface area contributed by atoms with Crippen molar-refractivity contribution in [2.75, 3.05) is 0 Å². The zero-order valence-corrected chi connectivity index (χ0v) is 15.2. The highest BCUT2D eigenvalue weighted by molar-refractivity contribution is 6.35. The molecule has 0 aliphatic rings. The maximum absolute atomic E-state index is 13.2. The van der Waals surface area contributed by atoms with Crippen LogP contribution in [0, 0.1) is 0 Å². The Hall–Kier alpha value is -2.61. The number of H-pyrrole nitrogens is 1. The first kappa shape index (κ1) is 17.8. The van der Waals surface area contributed by atoms with E-state index < -0.39 is 11.9 Å². The van der Waals surface area contributed by atoms with Crippen LogP contribution >= 0.6 is 11.6 Å². The van der Waals surface area contributed by atoms with Gasteiger partial charge in [-0.1, -0.05) is 25.4 Å². The number of halogens is 4. The van der Waals surface area contributed by atoms with Gasteiger partial charge >= 0.3 is 6.18 Å². The second kappa shape index (κ2) is 6.23. The first-order chi connectivity index (χ1) is 12.8. The third kappa shape index (κ3) is 2.93. The predicted molar refractivity (Wildman–Crippen MR) is 97.2 cm³/mol. The first-order valence-electron chi connectivity index (χ1n) is 8.39. The fourth-order valence-electron chi connectivity index (χ4n) is 3.03. The minimum atomic E-state index is -4.54. The number of hydrogen-bond donors (Lipinski definition) is 1. The van der Waals surface area contributed by atoms with Crippen LogP contribution in [0.25, 0.3) is 27.8 Å². The zero-order valence-electron chi connectivity index (χ0n) is 14.5. The number of hydrogen-bond acceptors (Lipinski definition) is 3. The number of nitrogens with one attached hydrogen (secondary N) is 1. The lowest BCUT2D eigenvalue weighted by molar-refractivity contribution is -0.141. The van der Waals surface area contributed by atoms with Gasteiger partial charge in [0, 0.05) is 11.3 Å². The smallest absolute Gasteiger partial charge is 0.280 e. The van der Waals surface area contributed by atoms with Crippen molar-refractivity contribution in [1.29, 1.82) is 0 Å². The molecule has 0 aliphatic carbocycles. The fraction of sp³-hybridized carbons (Fsp3) is 0.278.